The van der Waals surface area contributed by atoms with E-state index in [1.807, 2.05) is 131 Å². The summed E-state index contributed by atoms with van der Waals surface area (Å²) >= 11 is 1.41. The quantitative estimate of drug-likeness (QED) is 0.257. The lowest BCUT2D eigenvalue weighted by molar-refractivity contribution is 0.0947. The molecule has 1 amide bonds. The maximum absolute atomic E-state index is 13.5. The number of benzene rings is 4. The summed E-state index contributed by atoms with van der Waals surface area (Å²) in [5.74, 6) is -0.572. The lowest BCUT2D eigenvalue weighted by Crippen LogP contribution is -2.25. The molecule has 192 valence electrons. The molecule has 0 bridgehead atoms. The Hall–Kier alpha value is -5.52. The van der Waals surface area contributed by atoms with Crippen molar-refractivity contribution in [3.05, 3.63) is 143 Å². The second-order valence-electron chi connectivity index (χ2n) is 8.79. The van der Waals surface area contributed by atoms with Crippen molar-refractivity contribution in [2.24, 2.45) is 5.10 Å². The number of nitrogens with zero attached hydrogens (tertiary/aromatic N) is 5. The SMILES string of the molecule is N#Cc1c(C(=O)N/N=c2/scc(-c3ccccc3)n2-c2ccccc2)nn(-c2ccccc2)c1-c1ccccc1. The van der Waals surface area contributed by atoms with Crippen molar-refractivity contribution in [2.45, 2.75) is 0 Å². The van der Waals surface area contributed by atoms with E-state index in [1.54, 1.807) is 4.68 Å². The molecule has 0 unspecified atom stereocenters. The van der Waals surface area contributed by atoms with Gasteiger partial charge in [-0.2, -0.15) is 10.4 Å². The van der Waals surface area contributed by atoms with Gasteiger partial charge in [0.25, 0.3) is 5.91 Å². The van der Waals surface area contributed by atoms with Crippen LogP contribution in [0.25, 0.3) is 33.9 Å². The molecule has 8 heteroatoms. The lowest BCUT2D eigenvalue weighted by atomic mass is 10.1. The Morgan fingerprint density at radius 3 is 1.93 bits per heavy atom. The summed E-state index contributed by atoms with van der Waals surface area (Å²) in [4.78, 5) is 14.1. The molecule has 4 aromatic carbocycles. The fourth-order valence-corrected chi connectivity index (χ4v) is 5.35. The van der Waals surface area contributed by atoms with Crippen molar-refractivity contribution in [1.82, 2.24) is 19.8 Å². The number of amides is 1. The molecule has 2 aromatic heterocycles. The molecule has 0 saturated heterocycles. The van der Waals surface area contributed by atoms with Gasteiger partial charge in [-0.25, -0.2) is 10.1 Å². The molecule has 0 spiro atoms. The number of hydrogen-bond acceptors (Lipinski definition) is 5. The molecule has 0 fully saturated rings. The van der Waals surface area contributed by atoms with E-state index in [1.165, 1.54) is 11.3 Å². The molecular weight excluding hydrogens is 516 g/mol. The summed E-state index contributed by atoms with van der Waals surface area (Å²) in [5.41, 5.74) is 7.77. The molecule has 0 aliphatic carbocycles. The molecule has 0 aliphatic rings. The summed E-state index contributed by atoms with van der Waals surface area (Å²) in [6.45, 7) is 0. The Morgan fingerprint density at radius 1 is 0.775 bits per heavy atom. The number of nitrogens with one attached hydrogen (secondary N) is 1. The minimum absolute atomic E-state index is 0.0000520. The highest BCUT2D eigenvalue weighted by molar-refractivity contribution is 7.07. The summed E-state index contributed by atoms with van der Waals surface area (Å²) in [6, 6.07) is 40.9. The summed E-state index contributed by atoms with van der Waals surface area (Å²) in [7, 11) is 0. The second-order valence-corrected chi connectivity index (χ2v) is 9.63. The predicted octanol–water partition coefficient (Wildman–Crippen LogP) is 6.18. The van der Waals surface area contributed by atoms with Crippen LogP contribution >= 0.6 is 11.3 Å². The van der Waals surface area contributed by atoms with Crippen molar-refractivity contribution in [2.75, 3.05) is 0 Å². The number of rotatable bonds is 6. The van der Waals surface area contributed by atoms with E-state index in [2.05, 4.69) is 21.7 Å². The van der Waals surface area contributed by atoms with Gasteiger partial charge in [0.15, 0.2) is 5.69 Å². The first-order chi connectivity index (χ1) is 19.7. The van der Waals surface area contributed by atoms with Crippen LogP contribution in [0.1, 0.15) is 16.1 Å². The van der Waals surface area contributed by atoms with Gasteiger partial charge in [-0.15, -0.1) is 16.4 Å². The smallest absolute Gasteiger partial charge is 0.284 e. The second kappa shape index (κ2) is 11.1. The van der Waals surface area contributed by atoms with E-state index in [0.717, 1.165) is 28.2 Å². The zero-order valence-electron chi connectivity index (χ0n) is 21.2. The highest BCUT2D eigenvalue weighted by Gasteiger charge is 2.25. The van der Waals surface area contributed by atoms with Crippen LogP contribution in [0.4, 0.5) is 0 Å². The largest absolute Gasteiger partial charge is 0.293 e. The van der Waals surface area contributed by atoms with Gasteiger partial charge in [0.05, 0.1) is 17.1 Å². The summed E-state index contributed by atoms with van der Waals surface area (Å²) in [5, 5.41) is 21.2. The van der Waals surface area contributed by atoms with Crippen LogP contribution in [0.15, 0.2) is 132 Å². The van der Waals surface area contributed by atoms with Crippen LogP contribution in [0, 0.1) is 11.3 Å². The number of hydrogen-bond donors (Lipinski definition) is 1. The number of para-hydroxylation sites is 2. The van der Waals surface area contributed by atoms with Gasteiger partial charge in [-0.05, 0) is 29.8 Å². The molecule has 6 rings (SSSR count). The third-order valence-electron chi connectivity index (χ3n) is 6.31. The zero-order chi connectivity index (χ0) is 27.3. The molecule has 6 aromatic rings. The highest BCUT2D eigenvalue weighted by Crippen LogP contribution is 2.29. The third-order valence-corrected chi connectivity index (χ3v) is 7.13. The Kier molecular flexibility index (Phi) is 6.86. The fourth-order valence-electron chi connectivity index (χ4n) is 4.48. The molecule has 1 N–H and O–H groups in total. The van der Waals surface area contributed by atoms with Gasteiger partial charge in [-0.3, -0.25) is 9.36 Å². The van der Waals surface area contributed by atoms with Gasteiger partial charge in [0.2, 0.25) is 4.80 Å². The van der Waals surface area contributed by atoms with Crippen molar-refractivity contribution in [3.8, 4) is 40.0 Å². The van der Waals surface area contributed by atoms with Gasteiger partial charge >= 0.3 is 0 Å². The first kappa shape index (κ1) is 24.8. The Bertz CT molecular complexity index is 1880. The number of thiazole rings is 1. The maximum Gasteiger partial charge on any atom is 0.293 e. The molecule has 0 radical (unpaired) electrons. The molecule has 2 heterocycles. The van der Waals surface area contributed by atoms with Crippen molar-refractivity contribution in [1.29, 1.82) is 5.26 Å². The fraction of sp³-hybridized carbons (Fsp3) is 0. The van der Waals surface area contributed by atoms with E-state index in [4.69, 9.17) is 0 Å². The standard InChI is InChI=1S/C32H22N6OS/c33-21-27-29(36-38(26-19-11-4-12-20-26)30(27)24-15-7-2-8-16-24)31(39)34-35-32-37(25-17-9-3-10-18-25)28(22-40-32)23-13-5-1-6-14-23/h1-20,22H,(H,34,39)/b35-32+. The average Bonchev–Trinajstić information content (AvgIpc) is 3.64. The van der Waals surface area contributed by atoms with Crippen molar-refractivity contribution >= 4 is 17.2 Å². The Labute approximate surface area is 234 Å². The maximum atomic E-state index is 13.5. The average molecular weight is 539 g/mol. The van der Waals surface area contributed by atoms with Gasteiger partial charge < -0.3 is 0 Å². The van der Waals surface area contributed by atoms with Crippen molar-refractivity contribution in [3.63, 3.8) is 0 Å². The van der Waals surface area contributed by atoms with E-state index < -0.39 is 5.91 Å². The van der Waals surface area contributed by atoms with E-state index in [9.17, 15) is 10.1 Å². The van der Waals surface area contributed by atoms with Crippen LogP contribution in [0.2, 0.25) is 0 Å². The Balaban J connectivity index is 1.44. The minimum atomic E-state index is -0.572. The third kappa shape index (κ3) is 4.73. The number of aromatic nitrogens is 3. The molecule has 0 aliphatic heterocycles. The number of carbonyl (C=O) groups is 1. The van der Waals surface area contributed by atoms with Crippen LogP contribution in [0.3, 0.4) is 0 Å². The summed E-state index contributed by atoms with van der Waals surface area (Å²) in [6.07, 6.45) is 0. The molecule has 0 atom stereocenters. The molecule has 0 saturated carbocycles. The minimum Gasteiger partial charge on any atom is -0.284 e. The molecule has 40 heavy (non-hydrogen) atoms. The van der Waals surface area contributed by atoms with Crippen LogP contribution in [0.5, 0.6) is 0 Å². The van der Waals surface area contributed by atoms with E-state index in [0.29, 0.717) is 10.5 Å². The summed E-state index contributed by atoms with van der Waals surface area (Å²) < 4.78 is 3.62. The van der Waals surface area contributed by atoms with E-state index >= 15 is 0 Å². The van der Waals surface area contributed by atoms with Gasteiger partial charge in [0.1, 0.15) is 11.6 Å². The first-order valence-electron chi connectivity index (χ1n) is 12.5. The van der Waals surface area contributed by atoms with Crippen LogP contribution in [-0.2, 0) is 0 Å². The van der Waals surface area contributed by atoms with E-state index in [-0.39, 0.29) is 11.3 Å². The topological polar surface area (TPSA) is 88.0 Å². The first-order valence-corrected chi connectivity index (χ1v) is 13.4. The van der Waals surface area contributed by atoms with Crippen molar-refractivity contribution < 1.29 is 4.79 Å². The molecule has 7 nitrogen and oxygen atoms in total. The monoisotopic (exact) mass is 538 g/mol. The number of nitriles is 1. The predicted molar refractivity (Wildman–Crippen MR) is 156 cm³/mol. The highest BCUT2D eigenvalue weighted by atomic mass is 32.1. The molecular formula is C32H22N6OS. The zero-order valence-corrected chi connectivity index (χ0v) is 22.0. The number of carbonyl (C=O) groups excluding carboxylic acids is 1. The van der Waals surface area contributed by atoms with Crippen LogP contribution < -0.4 is 10.2 Å². The van der Waals surface area contributed by atoms with Crippen LogP contribution in [-0.4, -0.2) is 20.3 Å². The lowest BCUT2D eigenvalue weighted by Gasteiger charge is -2.09. The normalized spacial score (nSPS) is 11.2. The Morgan fingerprint density at radius 2 is 1.32 bits per heavy atom. The van der Waals surface area contributed by atoms with Gasteiger partial charge in [-0.1, -0.05) is 97.1 Å². The van der Waals surface area contributed by atoms with Gasteiger partial charge in [0, 0.05) is 16.6 Å².